The summed E-state index contributed by atoms with van der Waals surface area (Å²) in [4.78, 5) is 6.81. The Labute approximate surface area is 128 Å². The molecule has 0 saturated carbocycles. The van der Waals surface area contributed by atoms with E-state index < -0.39 is 0 Å². The minimum absolute atomic E-state index is 0.0600. The summed E-state index contributed by atoms with van der Waals surface area (Å²) in [6.07, 6.45) is 0. The van der Waals surface area contributed by atoms with Crippen LogP contribution >= 0.6 is 15.9 Å². The molecule has 0 amide bonds. The van der Waals surface area contributed by atoms with Gasteiger partial charge in [-0.05, 0) is 59.6 Å². The van der Waals surface area contributed by atoms with E-state index >= 15 is 0 Å². The van der Waals surface area contributed by atoms with Gasteiger partial charge in [-0.15, -0.1) is 0 Å². The van der Waals surface area contributed by atoms with Crippen LogP contribution in [0.15, 0.2) is 40.9 Å². The molecule has 0 atom stereocenters. The molecule has 106 valence electrons. The number of aryl methyl sites for hydroxylation is 1. The second-order valence-corrected chi connectivity index (χ2v) is 5.58. The Kier molecular flexibility index (Phi) is 5.15. The Balaban J connectivity index is 2.24. The SMILES string of the molecule is CCN(Cc1cccc(C)n1)c1ccc(CO)cc1Br. The number of hydrogen-bond acceptors (Lipinski definition) is 3. The van der Waals surface area contributed by atoms with Gasteiger partial charge in [0.2, 0.25) is 0 Å². The van der Waals surface area contributed by atoms with Crippen LogP contribution in [-0.2, 0) is 13.2 Å². The number of pyridine rings is 1. The van der Waals surface area contributed by atoms with Crippen molar-refractivity contribution in [3.05, 3.63) is 57.8 Å². The summed E-state index contributed by atoms with van der Waals surface area (Å²) < 4.78 is 0.999. The lowest BCUT2D eigenvalue weighted by Crippen LogP contribution is -2.23. The van der Waals surface area contributed by atoms with Crippen molar-refractivity contribution in [2.24, 2.45) is 0 Å². The van der Waals surface area contributed by atoms with E-state index in [0.717, 1.165) is 40.2 Å². The standard InChI is InChI=1S/C16H19BrN2O/c1-3-19(10-14-6-4-5-12(2)18-14)16-8-7-13(11-20)9-15(16)17/h4-9,20H,3,10-11H2,1-2H3. The second-order valence-electron chi connectivity index (χ2n) is 4.73. The summed E-state index contributed by atoms with van der Waals surface area (Å²) in [7, 11) is 0. The highest BCUT2D eigenvalue weighted by Gasteiger charge is 2.10. The summed E-state index contributed by atoms with van der Waals surface area (Å²) in [5.74, 6) is 0. The second kappa shape index (κ2) is 6.86. The predicted octanol–water partition coefficient (Wildman–Crippen LogP) is 3.67. The van der Waals surface area contributed by atoms with Crippen molar-refractivity contribution in [3.8, 4) is 0 Å². The van der Waals surface area contributed by atoms with Crippen molar-refractivity contribution in [1.29, 1.82) is 0 Å². The van der Waals surface area contributed by atoms with Gasteiger partial charge in [0, 0.05) is 16.7 Å². The van der Waals surface area contributed by atoms with E-state index in [1.165, 1.54) is 0 Å². The molecule has 0 saturated heterocycles. The molecule has 0 radical (unpaired) electrons. The van der Waals surface area contributed by atoms with Crippen LogP contribution in [0.25, 0.3) is 0 Å². The molecule has 0 spiro atoms. The largest absolute Gasteiger partial charge is 0.392 e. The smallest absolute Gasteiger partial charge is 0.0682 e. The molecule has 0 aliphatic heterocycles. The van der Waals surface area contributed by atoms with Crippen LogP contribution in [0.4, 0.5) is 5.69 Å². The van der Waals surface area contributed by atoms with Crippen molar-refractivity contribution in [3.63, 3.8) is 0 Å². The first-order valence-corrected chi connectivity index (χ1v) is 7.50. The van der Waals surface area contributed by atoms with Gasteiger partial charge in [0.05, 0.1) is 24.5 Å². The number of halogens is 1. The van der Waals surface area contributed by atoms with Crippen molar-refractivity contribution in [1.82, 2.24) is 4.98 Å². The van der Waals surface area contributed by atoms with E-state index in [2.05, 4.69) is 32.7 Å². The van der Waals surface area contributed by atoms with E-state index in [-0.39, 0.29) is 6.61 Å². The first kappa shape index (κ1) is 15.0. The lowest BCUT2D eigenvalue weighted by atomic mass is 10.2. The molecule has 0 fully saturated rings. The molecule has 2 rings (SSSR count). The molecule has 2 aromatic rings. The van der Waals surface area contributed by atoms with Crippen LogP contribution < -0.4 is 4.90 Å². The Bertz CT molecular complexity index is 586. The van der Waals surface area contributed by atoms with Crippen molar-refractivity contribution in [2.45, 2.75) is 27.0 Å². The van der Waals surface area contributed by atoms with Gasteiger partial charge in [0.25, 0.3) is 0 Å². The highest BCUT2D eigenvalue weighted by Crippen LogP contribution is 2.28. The zero-order valence-electron chi connectivity index (χ0n) is 11.8. The number of benzene rings is 1. The number of rotatable bonds is 5. The molecular weight excluding hydrogens is 316 g/mol. The normalized spacial score (nSPS) is 10.6. The van der Waals surface area contributed by atoms with E-state index in [0.29, 0.717) is 0 Å². The van der Waals surface area contributed by atoms with Crippen LogP contribution in [0.3, 0.4) is 0 Å². The van der Waals surface area contributed by atoms with E-state index in [9.17, 15) is 5.11 Å². The van der Waals surface area contributed by atoms with Crippen LogP contribution in [0.5, 0.6) is 0 Å². The molecule has 0 unspecified atom stereocenters. The summed E-state index contributed by atoms with van der Waals surface area (Å²) in [5, 5.41) is 9.17. The molecule has 0 bridgehead atoms. The zero-order chi connectivity index (χ0) is 14.5. The van der Waals surface area contributed by atoms with Crippen molar-refractivity contribution < 1.29 is 5.11 Å². The minimum Gasteiger partial charge on any atom is -0.392 e. The number of aliphatic hydroxyl groups excluding tert-OH is 1. The molecule has 20 heavy (non-hydrogen) atoms. The lowest BCUT2D eigenvalue weighted by Gasteiger charge is -2.24. The monoisotopic (exact) mass is 334 g/mol. The number of anilines is 1. The molecular formula is C16H19BrN2O. The molecule has 1 aromatic carbocycles. The molecule has 1 aromatic heterocycles. The number of aromatic nitrogens is 1. The molecule has 3 nitrogen and oxygen atoms in total. The molecule has 4 heteroatoms. The third-order valence-corrected chi connectivity index (χ3v) is 3.85. The van der Waals surface area contributed by atoms with Gasteiger partial charge < -0.3 is 10.0 Å². The van der Waals surface area contributed by atoms with Crippen LogP contribution in [0, 0.1) is 6.92 Å². The number of nitrogens with zero attached hydrogens (tertiary/aromatic N) is 2. The van der Waals surface area contributed by atoms with Crippen molar-refractivity contribution >= 4 is 21.6 Å². The molecule has 0 aliphatic carbocycles. The fourth-order valence-electron chi connectivity index (χ4n) is 2.16. The maximum absolute atomic E-state index is 9.17. The van der Waals surface area contributed by atoms with Gasteiger partial charge in [-0.25, -0.2) is 0 Å². The Morgan fingerprint density at radius 1 is 1.25 bits per heavy atom. The maximum atomic E-state index is 9.17. The van der Waals surface area contributed by atoms with Gasteiger partial charge in [-0.1, -0.05) is 12.1 Å². The van der Waals surface area contributed by atoms with E-state index in [1.54, 1.807) is 0 Å². The first-order valence-electron chi connectivity index (χ1n) is 6.70. The quantitative estimate of drug-likeness (QED) is 0.906. The van der Waals surface area contributed by atoms with Gasteiger partial charge in [-0.2, -0.15) is 0 Å². The predicted molar refractivity (Wildman–Crippen MR) is 85.8 cm³/mol. The highest BCUT2D eigenvalue weighted by atomic mass is 79.9. The lowest BCUT2D eigenvalue weighted by molar-refractivity contribution is 0.282. The third-order valence-electron chi connectivity index (χ3n) is 3.22. The molecule has 1 N–H and O–H groups in total. The van der Waals surface area contributed by atoms with Gasteiger partial charge in [0.15, 0.2) is 0 Å². The Hall–Kier alpha value is -1.39. The van der Waals surface area contributed by atoms with E-state index in [1.807, 2.05) is 43.3 Å². The summed E-state index contributed by atoms with van der Waals surface area (Å²) >= 11 is 3.58. The summed E-state index contributed by atoms with van der Waals surface area (Å²) in [5.41, 5.74) is 4.12. The number of hydrogen-bond donors (Lipinski definition) is 1. The zero-order valence-corrected chi connectivity index (χ0v) is 13.4. The Morgan fingerprint density at radius 2 is 2.05 bits per heavy atom. The van der Waals surface area contributed by atoms with Gasteiger partial charge >= 0.3 is 0 Å². The highest BCUT2D eigenvalue weighted by molar-refractivity contribution is 9.10. The molecule has 1 heterocycles. The average Bonchev–Trinajstić information content (AvgIpc) is 2.45. The van der Waals surface area contributed by atoms with E-state index in [4.69, 9.17) is 0 Å². The first-order chi connectivity index (χ1) is 9.63. The minimum atomic E-state index is 0.0600. The third kappa shape index (κ3) is 3.58. The fraction of sp³-hybridized carbons (Fsp3) is 0.312. The van der Waals surface area contributed by atoms with Crippen LogP contribution in [-0.4, -0.2) is 16.6 Å². The fourth-order valence-corrected chi connectivity index (χ4v) is 2.83. The summed E-state index contributed by atoms with van der Waals surface area (Å²) in [6, 6.07) is 12.0. The van der Waals surface area contributed by atoms with Crippen LogP contribution in [0.2, 0.25) is 0 Å². The van der Waals surface area contributed by atoms with Gasteiger partial charge in [0.1, 0.15) is 0 Å². The molecule has 0 aliphatic rings. The van der Waals surface area contributed by atoms with Crippen molar-refractivity contribution in [2.75, 3.05) is 11.4 Å². The maximum Gasteiger partial charge on any atom is 0.0682 e. The Morgan fingerprint density at radius 3 is 2.65 bits per heavy atom. The van der Waals surface area contributed by atoms with Crippen LogP contribution in [0.1, 0.15) is 23.9 Å². The van der Waals surface area contributed by atoms with Gasteiger partial charge in [-0.3, -0.25) is 4.98 Å². The topological polar surface area (TPSA) is 36.4 Å². The average molecular weight is 335 g/mol. The summed E-state index contributed by atoms with van der Waals surface area (Å²) in [6.45, 7) is 5.86. The number of aliphatic hydroxyl groups is 1.